The van der Waals surface area contributed by atoms with E-state index in [-0.39, 0.29) is 4.70 Å². The minimum absolute atomic E-state index is 0. The Morgan fingerprint density at radius 2 is 1.67 bits per heavy atom. The predicted octanol–water partition coefficient (Wildman–Crippen LogP) is -0.724. The Balaban J connectivity index is 0.00000196. The summed E-state index contributed by atoms with van der Waals surface area (Å²) in [5.74, 6) is 1.05. The van der Waals surface area contributed by atoms with Crippen LogP contribution in [0.2, 0.25) is 0 Å². The molecule has 0 unspecified atom stereocenters. The van der Waals surface area contributed by atoms with Gasteiger partial charge < -0.3 is 9.60 Å². The highest BCUT2D eigenvalue weighted by atomic mass is 19.0. The maximum Gasteiger partial charge on any atom is 0.0773 e. The first-order chi connectivity index (χ1) is 6.86. The van der Waals surface area contributed by atoms with Crippen LogP contribution in [0.15, 0.2) is 0 Å². The first-order valence-corrected chi connectivity index (χ1v) is 6.70. The molecule has 0 amide bonds. The molecule has 1 rings (SSSR count). The van der Waals surface area contributed by atoms with Crippen molar-refractivity contribution in [1.29, 1.82) is 0 Å². The molecule has 92 valence electrons. The molecule has 15 heavy (non-hydrogen) atoms. The molecule has 0 saturated carbocycles. The molecule has 1 saturated heterocycles. The average molecular weight is 217 g/mol. The van der Waals surface area contributed by atoms with Gasteiger partial charge in [-0.15, -0.1) is 0 Å². The summed E-state index contributed by atoms with van der Waals surface area (Å²) in [6.45, 7) is 8.97. The van der Waals surface area contributed by atoms with Crippen LogP contribution in [0, 0.1) is 5.92 Å². The minimum atomic E-state index is 0. The number of halogens is 1. The van der Waals surface area contributed by atoms with Crippen molar-refractivity contribution in [3.8, 4) is 0 Å². The van der Waals surface area contributed by atoms with Crippen molar-refractivity contribution in [3.05, 3.63) is 0 Å². The zero-order valence-electron chi connectivity index (χ0n) is 10.5. The summed E-state index contributed by atoms with van der Waals surface area (Å²) in [6, 6.07) is 0. The van der Waals surface area contributed by atoms with Gasteiger partial charge >= 0.3 is 0 Å². The lowest BCUT2D eigenvalue weighted by Gasteiger charge is -2.28. The average Bonchev–Trinajstić information content (AvgIpc) is 2.25. The van der Waals surface area contributed by atoms with Gasteiger partial charge in [0.1, 0.15) is 0 Å². The van der Waals surface area contributed by atoms with E-state index in [4.69, 9.17) is 0 Å². The summed E-state index contributed by atoms with van der Waals surface area (Å²) in [5, 5.41) is 0. The third-order valence-corrected chi connectivity index (χ3v) is 3.77. The van der Waals surface area contributed by atoms with Gasteiger partial charge in [0.2, 0.25) is 0 Å². The van der Waals surface area contributed by atoms with E-state index in [0.29, 0.717) is 0 Å². The van der Waals surface area contributed by atoms with Crippen molar-refractivity contribution in [1.82, 2.24) is 0 Å². The third kappa shape index (κ3) is 6.14. The summed E-state index contributed by atoms with van der Waals surface area (Å²) < 4.78 is 0. The maximum atomic E-state index is 2.34. The number of likely N-dealkylation sites (tertiary alicyclic amines) is 1. The molecule has 0 aromatic carbocycles. The Kier molecular flexibility index (Phi) is 9.07. The van der Waals surface area contributed by atoms with Crippen molar-refractivity contribution in [2.75, 3.05) is 19.6 Å². The number of unbranched alkanes of at least 4 members (excludes halogenated alkanes) is 3. The predicted molar refractivity (Wildman–Crippen MR) is 62.7 cm³/mol. The van der Waals surface area contributed by atoms with Crippen LogP contribution in [0.25, 0.3) is 0 Å². The second kappa shape index (κ2) is 9.14. The lowest BCUT2D eigenvalue weighted by molar-refractivity contribution is -0.906. The molecule has 1 aliphatic rings. The molecule has 1 nitrogen and oxygen atoms in total. The van der Waals surface area contributed by atoms with E-state index in [1.807, 2.05) is 4.90 Å². The molecule has 0 radical (unpaired) electrons. The zero-order valence-corrected chi connectivity index (χ0v) is 10.5. The van der Waals surface area contributed by atoms with E-state index >= 15 is 0 Å². The molecule has 1 fully saturated rings. The largest absolute Gasteiger partial charge is 1.00 e. The molecule has 1 heterocycles. The number of hydrogen-bond donors (Lipinski definition) is 1. The topological polar surface area (TPSA) is 4.44 Å². The van der Waals surface area contributed by atoms with Crippen molar-refractivity contribution < 1.29 is 9.60 Å². The maximum absolute atomic E-state index is 2.34. The SMILES string of the molecule is CCCCCC[NH+]1CCC(CC)CC1.[F-]. The van der Waals surface area contributed by atoms with Crippen LogP contribution in [0.1, 0.15) is 58.8 Å². The Hall–Kier alpha value is -0.110. The van der Waals surface area contributed by atoms with E-state index < -0.39 is 0 Å². The van der Waals surface area contributed by atoms with Crippen molar-refractivity contribution in [3.63, 3.8) is 0 Å². The van der Waals surface area contributed by atoms with Gasteiger partial charge in [-0.3, -0.25) is 0 Å². The second-order valence-corrected chi connectivity index (χ2v) is 4.91. The summed E-state index contributed by atoms with van der Waals surface area (Å²) in [4.78, 5) is 1.88. The van der Waals surface area contributed by atoms with Crippen LogP contribution in [-0.4, -0.2) is 19.6 Å². The Morgan fingerprint density at radius 3 is 2.20 bits per heavy atom. The highest BCUT2D eigenvalue weighted by molar-refractivity contribution is 4.59. The third-order valence-electron chi connectivity index (χ3n) is 3.77. The Morgan fingerprint density at radius 1 is 1.00 bits per heavy atom. The molecule has 2 heteroatoms. The molecule has 1 aliphatic heterocycles. The summed E-state index contributed by atoms with van der Waals surface area (Å²) >= 11 is 0. The monoisotopic (exact) mass is 217 g/mol. The van der Waals surface area contributed by atoms with Gasteiger partial charge in [0.05, 0.1) is 19.6 Å². The molecule has 0 bridgehead atoms. The van der Waals surface area contributed by atoms with Gasteiger partial charge in [-0.25, -0.2) is 0 Å². The fraction of sp³-hybridized carbons (Fsp3) is 1.00. The zero-order chi connectivity index (χ0) is 10.2. The van der Waals surface area contributed by atoms with Crippen LogP contribution in [0.4, 0.5) is 0 Å². The molecular formula is C13H28FN. The van der Waals surface area contributed by atoms with Gasteiger partial charge in [0.25, 0.3) is 0 Å². The molecule has 1 N–H and O–H groups in total. The lowest BCUT2D eigenvalue weighted by Crippen LogP contribution is -3.13. The Bertz CT molecular complexity index is 130. The number of piperidine rings is 1. The second-order valence-electron chi connectivity index (χ2n) is 4.91. The van der Waals surface area contributed by atoms with Crippen LogP contribution < -0.4 is 9.60 Å². The van der Waals surface area contributed by atoms with Gasteiger partial charge in [-0.05, 0) is 31.6 Å². The molecule has 0 atom stereocenters. The van der Waals surface area contributed by atoms with Crippen LogP contribution in [0.5, 0.6) is 0 Å². The summed E-state index contributed by atoms with van der Waals surface area (Å²) in [5.41, 5.74) is 0. The van der Waals surface area contributed by atoms with Gasteiger partial charge in [0, 0.05) is 0 Å². The number of hydrogen-bond acceptors (Lipinski definition) is 0. The molecule has 0 aromatic rings. The number of nitrogens with one attached hydrogen (secondary N) is 1. The summed E-state index contributed by atoms with van der Waals surface area (Å²) in [6.07, 6.45) is 10.1. The Labute approximate surface area is 94.6 Å². The van der Waals surface area contributed by atoms with Crippen molar-refractivity contribution in [2.45, 2.75) is 58.8 Å². The van der Waals surface area contributed by atoms with Crippen molar-refractivity contribution in [2.24, 2.45) is 5.92 Å². The molecular weight excluding hydrogens is 189 g/mol. The quantitative estimate of drug-likeness (QED) is 0.560. The van der Waals surface area contributed by atoms with E-state index in [9.17, 15) is 0 Å². The van der Waals surface area contributed by atoms with E-state index in [1.165, 1.54) is 64.6 Å². The first-order valence-electron chi connectivity index (χ1n) is 6.70. The van der Waals surface area contributed by atoms with E-state index in [2.05, 4.69) is 13.8 Å². The lowest BCUT2D eigenvalue weighted by atomic mass is 9.94. The molecule has 0 spiro atoms. The van der Waals surface area contributed by atoms with Crippen LogP contribution in [0.3, 0.4) is 0 Å². The standard InChI is InChI=1S/C13H27N.FH/c1-3-5-6-7-10-14-11-8-13(4-2)9-12-14;/h13H,3-12H2,1-2H3;1H. The summed E-state index contributed by atoms with van der Waals surface area (Å²) in [7, 11) is 0. The highest BCUT2D eigenvalue weighted by Gasteiger charge is 2.19. The molecule has 0 aliphatic carbocycles. The van der Waals surface area contributed by atoms with Crippen LogP contribution >= 0.6 is 0 Å². The van der Waals surface area contributed by atoms with E-state index in [0.717, 1.165) is 5.92 Å². The fourth-order valence-electron chi connectivity index (χ4n) is 2.55. The normalized spacial score (nSPS) is 26.0. The number of quaternary nitrogens is 1. The van der Waals surface area contributed by atoms with Gasteiger partial charge in [-0.1, -0.05) is 33.1 Å². The van der Waals surface area contributed by atoms with Crippen molar-refractivity contribution >= 4 is 0 Å². The van der Waals surface area contributed by atoms with Gasteiger partial charge in [0.15, 0.2) is 0 Å². The number of rotatable bonds is 6. The minimum Gasteiger partial charge on any atom is -1.00 e. The van der Waals surface area contributed by atoms with E-state index in [1.54, 1.807) is 0 Å². The smallest absolute Gasteiger partial charge is 0.0773 e. The molecule has 0 aromatic heterocycles. The van der Waals surface area contributed by atoms with Gasteiger partial charge in [-0.2, -0.15) is 0 Å². The first kappa shape index (κ1) is 14.9. The highest BCUT2D eigenvalue weighted by Crippen LogP contribution is 2.12. The van der Waals surface area contributed by atoms with Crippen LogP contribution in [-0.2, 0) is 0 Å². The fourth-order valence-corrected chi connectivity index (χ4v) is 2.55.